The summed E-state index contributed by atoms with van der Waals surface area (Å²) in [4.78, 5) is 12.6. The van der Waals surface area contributed by atoms with Gasteiger partial charge in [0.2, 0.25) is 0 Å². The number of ether oxygens (including phenoxy) is 2. The van der Waals surface area contributed by atoms with Crippen LogP contribution in [0.1, 0.15) is 15.9 Å². The summed E-state index contributed by atoms with van der Waals surface area (Å²) >= 11 is 9.24. The average molecular weight is 371 g/mol. The molecule has 0 bridgehead atoms. The number of carbonyl (C=O) groups excluding carboxylic acids is 1. The molecular weight excluding hydrogens is 358 g/mol. The second kappa shape index (κ2) is 6.37. The van der Waals surface area contributed by atoms with E-state index in [0.717, 1.165) is 0 Å². The molecule has 0 aliphatic heterocycles. The van der Waals surface area contributed by atoms with Crippen molar-refractivity contribution in [2.45, 2.75) is 0 Å². The van der Waals surface area contributed by atoms with Crippen molar-refractivity contribution in [1.82, 2.24) is 0 Å². The van der Waals surface area contributed by atoms with Crippen LogP contribution in [0.5, 0.6) is 11.5 Å². The molecule has 0 amide bonds. The summed E-state index contributed by atoms with van der Waals surface area (Å²) in [5, 5.41) is 0.415. The molecule has 2 rings (SSSR count). The maximum absolute atomic E-state index is 12.6. The van der Waals surface area contributed by atoms with Crippen molar-refractivity contribution in [2.75, 3.05) is 20.0 Å². The molecule has 0 aromatic heterocycles. The Morgan fingerprint density at radius 2 is 1.76 bits per heavy atom. The Morgan fingerprint density at radius 3 is 2.33 bits per heavy atom. The molecule has 0 aliphatic carbocycles. The number of methoxy groups -OCH3 is 2. The molecule has 4 nitrogen and oxygen atoms in total. The topological polar surface area (TPSA) is 61.5 Å². The molecule has 0 saturated heterocycles. The zero-order valence-electron chi connectivity index (χ0n) is 11.4. The minimum atomic E-state index is -0.189. The van der Waals surface area contributed by atoms with Gasteiger partial charge in [-0.05, 0) is 46.3 Å². The third-order valence-corrected chi connectivity index (χ3v) is 3.98. The minimum absolute atomic E-state index is 0.189. The van der Waals surface area contributed by atoms with Crippen LogP contribution in [0.15, 0.2) is 34.8 Å². The Bertz CT molecular complexity index is 704. The van der Waals surface area contributed by atoms with E-state index >= 15 is 0 Å². The van der Waals surface area contributed by atoms with Crippen molar-refractivity contribution >= 4 is 39.0 Å². The van der Waals surface area contributed by atoms with E-state index in [0.29, 0.717) is 37.8 Å². The molecule has 0 heterocycles. The lowest BCUT2D eigenvalue weighted by molar-refractivity contribution is 0.103. The van der Waals surface area contributed by atoms with E-state index in [4.69, 9.17) is 26.8 Å². The predicted octanol–water partition coefficient (Wildman–Crippen LogP) is 3.93. The van der Waals surface area contributed by atoms with Crippen molar-refractivity contribution in [3.8, 4) is 11.5 Å². The van der Waals surface area contributed by atoms with E-state index < -0.39 is 0 Å². The molecule has 2 aromatic carbocycles. The van der Waals surface area contributed by atoms with E-state index in [9.17, 15) is 4.79 Å². The quantitative estimate of drug-likeness (QED) is 0.654. The monoisotopic (exact) mass is 369 g/mol. The number of carbonyl (C=O) groups is 1. The lowest BCUT2D eigenvalue weighted by Crippen LogP contribution is -2.05. The number of hydrogen-bond donors (Lipinski definition) is 1. The van der Waals surface area contributed by atoms with Crippen molar-refractivity contribution in [3.05, 3.63) is 51.0 Å². The number of nitrogens with two attached hydrogens (primary N) is 1. The molecule has 0 atom stereocenters. The Labute approximate surface area is 135 Å². The minimum Gasteiger partial charge on any atom is -0.493 e. The van der Waals surface area contributed by atoms with Crippen LogP contribution in [-0.4, -0.2) is 20.0 Å². The Hall–Kier alpha value is -1.72. The van der Waals surface area contributed by atoms with Crippen LogP contribution in [0.25, 0.3) is 0 Å². The molecule has 0 saturated carbocycles. The van der Waals surface area contributed by atoms with Crippen LogP contribution in [-0.2, 0) is 0 Å². The highest BCUT2D eigenvalue weighted by Crippen LogP contribution is 2.34. The highest BCUT2D eigenvalue weighted by Gasteiger charge is 2.17. The second-order valence-electron chi connectivity index (χ2n) is 4.25. The largest absolute Gasteiger partial charge is 0.493 e. The molecule has 21 heavy (non-hydrogen) atoms. The molecule has 2 N–H and O–H groups in total. The molecule has 0 fully saturated rings. The first kappa shape index (κ1) is 15.7. The molecule has 0 aliphatic rings. The SMILES string of the molecule is COc1cc(Br)c(C(=O)c2ccc(Cl)c(N)c2)cc1OC. The van der Waals surface area contributed by atoms with Crippen LogP contribution in [0, 0.1) is 0 Å². The van der Waals surface area contributed by atoms with Crippen molar-refractivity contribution in [1.29, 1.82) is 0 Å². The zero-order chi connectivity index (χ0) is 15.6. The van der Waals surface area contributed by atoms with E-state index in [2.05, 4.69) is 15.9 Å². The number of anilines is 1. The van der Waals surface area contributed by atoms with Gasteiger partial charge in [0.15, 0.2) is 17.3 Å². The maximum Gasteiger partial charge on any atom is 0.194 e. The summed E-state index contributed by atoms with van der Waals surface area (Å²) in [7, 11) is 3.05. The van der Waals surface area contributed by atoms with Crippen molar-refractivity contribution in [3.63, 3.8) is 0 Å². The number of nitrogen functional groups attached to an aromatic ring is 1. The van der Waals surface area contributed by atoms with Gasteiger partial charge >= 0.3 is 0 Å². The first-order chi connectivity index (χ1) is 9.97. The standard InChI is InChI=1S/C15H13BrClNO3/c1-20-13-6-9(10(16)7-14(13)21-2)15(19)8-3-4-11(17)12(18)5-8/h3-7H,18H2,1-2H3. The lowest BCUT2D eigenvalue weighted by atomic mass is 10.0. The second-order valence-corrected chi connectivity index (χ2v) is 5.51. The van der Waals surface area contributed by atoms with E-state index in [-0.39, 0.29) is 5.78 Å². The number of halogens is 2. The zero-order valence-corrected chi connectivity index (χ0v) is 13.8. The summed E-state index contributed by atoms with van der Waals surface area (Å²) in [6, 6.07) is 8.08. The van der Waals surface area contributed by atoms with Crippen LogP contribution in [0.3, 0.4) is 0 Å². The van der Waals surface area contributed by atoms with Crippen LogP contribution < -0.4 is 15.2 Å². The third-order valence-electron chi connectivity index (χ3n) is 2.98. The number of benzene rings is 2. The Balaban J connectivity index is 2.50. The predicted molar refractivity (Wildman–Crippen MR) is 86.5 cm³/mol. The molecule has 6 heteroatoms. The van der Waals surface area contributed by atoms with Crippen LogP contribution in [0.4, 0.5) is 5.69 Å². The average Bonchev–Trinajstić information content (AvgIpc) is 2.49. The first-order valence-electron chi connectivity index (χ1n) is 5.99. The van der Waals surface area contributed by atoms with E-state index in [1.165, 1.54) is 14.2 Å². The highest BCUT2D eigenvalue weighted by molar-refractivity contribution is 9.10. The van der Waals surface area contributed by atoms with Gasteiger partial charge < -0.3 is 15.2 Å². The first-order valence-corrected chi connectivity index (χ1v) is 7.16. The van der Waals surface area contributed by atoms with Gasteiger partial charge in [-0.15, -0.1) is 0 Å². The molecular formula is C15H13BrClNO3. The van der Waals surface area contributed by atoms with Gasteiger partial charge in [0, 0.05) is 15.6 Å². The fourth-order valence-electron chi connectivity index (χ4n) is 1.87. The van der Waals surface area contributed by atoms with Gasteiger partial charge in [-0.25, -0.2) is 0 Å². The van der Waals surface area contributed by atoms with Gasteiger partial charge in [0.05, 0.1) is 24.9 Å². The fraction of sp³-hybridized carbons (Fsp3) is 0.133. The third kappa shape index (κ3) is 3.14. The van der Waals surface area contributed by atoms with Crippen LogP contribution in [0.2, 0.25) is 5.02 Å². The maximum atomic E-state index is 12.6. The number of hydrogen-bond acceptors (Lipinski definition) is 4. The molecule has 0 spiro atoms. The fourth-order valence-corrected chi connectivity index (χ4v) is 2.49. The van der Waals surface area contributed by atoms with Gasteiger partial charge in [-0.3, -0.25) is 4.79 Å². The van der Waals surface area contributed by atoms with Gasteiger partial charge in [0.25, 0.3) is 0 Å². The number of rotatable bonds is 4. The normalized spacial score (nSPS) is 10.3. The highest BCUT2D eigenvalue weighted by atomic mass is 79.9. The molecule has 110 valence electrons. The van der Waals surface area contributed by atoms with E-state index in [1.807, 2.05) is 0 Å². The van der Waals surface area contributed by atoms with Crippen molar-refractivity contribution in [2.24, 2.45) is 0 Å². The lowest BCUT2D eigenvalue weighted by Gasteiger charge is -2.11. The molecule has 2 aromatic rings. The number of ketones is 1. The molecule has 0 unspecified atom stereocenters. The Morgan fingerprint density at radius 1 is 1.14 bits per heavy atom. The van der Waals surface area contributed by atoms with Gasteiger partial charge in [0.1, 0.15) is 0 Å². The Kier molecular flexibility index (Phi) is 4.75. The van der Waals surface area contributed by atoms with E-state index in [1.54, 1.807) is 30.3 Å². The summed E-state index contributed by atoms with van der Waals surface area (Å²) in [5.41, 5.74) is 7.00. The van der Waals surface area contributed by atoms with Crippen molar-refractivity contribution < 1.29 is 14.3 Å². The molecule has 0 radical (unpaired) electrons. The summed E-state index contributed by atoms with van der Waals surface area (Å²) in [6.07, 6.45) is 0. The van der Waals surface area contributed by atoms with Gasteiger partial charge in [-0.1, -0.05) is 11.6 Å². The van der Waals surface area contributed by atoms with Gasteiger partial charge in [-0.2, -0.15) is 0 Å². The smallest absolute Gasteiger partial charge is 0.194 e. The van der Waals surface area contributed by atoms with Crippen LogP contribution >= 0.6 is 27.5 Å². The summed E-state index contributed by atoms with van der Waals surface area (Å²) in [6.45, 7) is 0. The summed E-state index contributed by atoms with van der Waals surface area (Å²) < 4.78 is 11.0. The summed E-state index contributed by atoms with van der Waals surface area (Å²) in [5.74, 6) is 0.828.